The summed E-state index contributed by atoms with van der Waals surface area (Å²) in [6.07, 6.45) is 0. The van der Waals surface area contributed by atoms with Crippen LogP contribution in [-0.4, -0.2) is 39.9 Å². The van der Waals surface area contributed by atoms with Gasteiger partial charge in [0.15, 0.2) is 0 Å². The van der Waals surface area contributed by atoms with Crippen LogP contribution in [-0.2, 0) is 4.74 Å². The quantitative estimate of drug-likeness (QED) is 0.834. The summed E-state index contributed by atoms with van der Waals surface area (Å²) in [7, 11) is 4.68. The summed E-state index contributed by atoms with van der Waals surface area (Å²) in [5, 5.41) is 2.82. The minimum atomic E-state index is -0.195. The van der Waals surface area contributed by atoms with Crippen molar-refractivity contribution in [1.29, 1.82) is 0 Å². The molecular weight excluding hydrogens is 234 g/mol. The summed E-state index contributed by atoms with van der Waals surface area (Å²) in [5.41, 5.74) is 0.473. The van der Waals surface area contributed by atoms with E-state index in [1.165, 1.54) is 7.11 Å². The molecule has 1 amide bonds. The molecule has 0 radical (unpaired) electrons. The van der Waals surface area contributed by atoms with Gasteiger partial charge in [-0.15, -0.1) is 0 Å². The number of hydrogen-bond acceptors (Lipinski definition) is 4. The van der Waals surface area contributed by atoms with Crippen molar-refractivity contribution >= 4 is 5.91 Å². The molecule has 1 aromatic rings. The first kappa shape index (κ1) is 14.3. The zero-order chi connectivity index (χ0) is 13.5. The van der Waals surface area contributed by atoms with Crippen LogP contribution in [0.25, 0.3) is 0 Å². The first-order valence-electron chi connectivity index (χ1n) is 5.64. The van der Waals surface area contributed by atoms with Crippen LogP contribution >= 0.6 is 0 Å². The van der Waals surface area contributed by atoms with Gasteiger partial charge in [-0.3, -0.25) is 4.79 Å². The molecule has 18 heavy (non-hydrogen) atoms. The molecule has 1 aromatic carbocycles. The van der Waals surface area contributed by atoms with Crippen LogP contribution in [0.2, 0.25) is 0 Å². The van der Waals surface area contributed by atoms with Gasteiger partial charge in [-0.25, -0.2) is 0 Å². The van der Waals surface area contributed by atoms with E-state index in [-0.39, 0.29) is 11.9 Å². The smallest absolute Gasteiger partial charge is 0.255 e. The summed E-state index contributed by atoms with van der Waals surface area (Å²) in [6, 6.07) is 5.01. The molecule has 5 heteroatoms. The summed E-state index contributed by atoms with van der Waals surface area (Å²) in [5.74, 6) is 0.934. The molecule has 0 aromatic heterocycles. The molecule has 0 saturated heterocycles. The normalized spacial score (nSPS) is 11.8. The Balaban J connectivity index is 2.84. The average molecular weight is 253 g/mol. The third-order valence-electron chi connectivity index (χ3n) is 2.45. The van der Waals surface area contributed by atoms with E-state index in [1.54, 1.807) is 32.4 Å². The topological polar surface area (TPSA) is 56.8 Å². The Labute approximate surface area is 107 Å². The van der Waals surface area contributed by atoms with Crippen LogP contribution < -0.4 is 14.8 Å². The van der Waals surface area contributed by atoms with Gasteiger partial charge in [-0.1, -0.05) is 0 Å². The second-order valence-electron chi connectivity index (χ2n) is 3.90. The van der Waals surface area contributed by atoms with E-state index in [2.05, 4.69) is 5.32 Å². The number of carbonyl (C=O) groups excluding carboxylic acids is 1. The Bertz CT molecular complexity index is 406. The van der Waals surface area contributed by atoms with E-state index in [0.29, 0.717) is 23.7 Å². The van der Waals surface area contributed by atoms with Gasteiger partial charge in [0.2, 0.25) is 0 Å². The Morgan fingerprint density at radius 3 is 2.56 bits per heavy atom. The highest BCUT2D eigenvalue weighted by Crippen LogP contribution is 2.24. The molecule has 0 aliphatic rings. The Morgan fingerprint density at radius 2 is 2.00 bits per heavy atom. The highest BCUT2D eigenvalue weighted by molar-refractivity contribution is 5.97. The van der Waals surface area contributed by atoms with E-state index in [4.69, 9.17) is 14.2 Å². The fourth-order valence-corrected chi connectivity index (χ4v) is 1.58. The number of nitrogens with one attached hydrogen (secondary N) is 1. The molecule has 0 heterocycles. The van der Waals surface area contributed by atoms with Crippen LogP contribution in [0.15, 0.2) is 18.2 Å². The van der Waals surface area contributed by atoms with Crippen molar-refractivity contribution in [3.8, 4) is 11.5 Å². The number of ether oxygens (including phenoxy) is 3. The van der Waals surface area contributed by atoms with E-state index in [9.17, 15) is 4.79 Å². The highest BCUT2D eigenvalue weighted by atomic mass is 16.5. The highest BCUT2D eigenvalue weighted by Gasteiger charge is 2.15. The van der Waals surface area contributed by atoms with Gasteiger partial charge in [0.05, 0.1) is 26.4 Å². The molecule has 0 aliphatic heterocycles. The maximum Gasteiger partial charge on any atom is 0.255 e. The fraction of sp³-hybridized carbons (Fsp3) is 0.462. The van der Waals surface area contributed by atoms with Crippen LogP contribution in [0.5, 0.6) is 11.5 Å². The lowest BCUT2D eigenvalue weighted by molar-refractivity contribution is 0.0902. The first-order valence-corrected chi connectivity index (χ1v) is 5.64. The maximum atomic E-state index is 12.0. The summed E-state index contributed by atoms with van der Waals surface area (Å²) >= 11 is 0. The van der Waals surface area contributed by atoms with E-state index < -0.39 is 0 Å². The lowest BCUT2D eigenvalue weighted by Crippen LogP contribution is -2.35. The lowest BCUT2D eigenvalue weighted by atomic mass is 10.1. The second kappa shape index (κ2) is 6.86. The second-order valence-corrected chi connectivity index (χ2v) is 3.90. The molecule has 0 spiro atoms. The molecule has 5 nitrogen and oxygen atoms in total. The SMILES string of the molecule is COC[C@@H](C)NC(=O)c1ccc(OC)cc1OC. The predicted octanol–water partition coefficient (Wildman–Crippen LogP) is 1.47. The molecule has 1 N–H and O–H groups in total. The van der Waals surface area contributed by atoms with Crippen LogP contribution in [0.1, 0.15) is 17.3 Å². The van der Waals surface area contributed by atoms with Gasteiger partial charge in [0, 0.05) is 19.2 Å². The van der Waals surface area contributed by atoms with Crippen LogP contribution in [0.4, 0.5) is 0 Å². The lowest BCUT2D eigenvalue weighted by Gasteiger charge is -2.15. The van der Waals surface area contributed by atoms with E-state index in [1.807, 2.05) is 6.92 Å². The summed E-state index contributed by atoms with van der Waals surface area (Å²) in [6.45, 7) is 2.33. The molecule has 0 fully saturated rings. The van der Waals surface area contributed by atoms with Gasteiger partial charge < -0.3 is 19.5 Å². The molecule has 0 unspecified atom stereocenters. The van der Waals surface area contributed by atoms with Gasteiger partial charge in [0.25, 0.3) is 5.91 Å². The van der Waals surface area contributed by atoms with Crippen molar-refractivity contribution in [2.45, 2.75) is 13.0 Å². The molecule has 0 bridgehead atoms. The Hall–Kier alpha value is -1.75. The Kier molecular flexibility index (Phi) is 5.45. The average Bonchev–Trinajstić information content (AvgIpc) is 2.38. The molecule has 0 saturated carbocycles. The van der Waals surface area contributed by atoms with Crippen molar-refractivity contribution < 1.29 is 19.0 Å². The number of amides is 1. The number of benzene rings is 1. The predicted molar refractivity (Wildman–Crippen MR) is 68.4 cm³/mol. The van der Waals surface area contributed by atoms with Crippen molar-refractivity contribution in [3.05, 3.63) is 23.8 Å². The van der Waals surface area contributed by atoms with Crippen LogP contribution in [0, 0.1) is 0 Å². The molecule has 0 aliphatic carbocycles. The van der Waals surface area contributed by atoms with Crippen LogP contribution in [0.3, 0.4) is 0 Å². The standard InChI is InChI=1S/C13H19NO4/c1-9(8-16-2)14-13(15)11-6-5-10(17-3)7-12(11)18-4/h5-7,9H,8H2,1-4H3,(H,14,15)/t9-/m1/s1. The van der Waals surface area contributed by atoms with Crippen molar-refractivity contribution in [3.63, 3.8) is 0 Å². The third-order valence-corrected chi connectivity index (χ3v) is 2.45. The van der Waals surface area contributed by atoms with Crippen molar-refractivity contribution in [2.75, 3.05) is 27.9 Å². The van der Waals surface area contributed by atoms with Gasteiger partial charge >= 0.3 is 0 Å². The molecular formula is C13H19NO4. The molecule has 100 valence electrons. The third kappa shape index (κ3) is 3.63. The van der Waals surface area contributed by atoms with E-state index >= 15 is 0 Å². The van der Waals surface area contributed by atoms with Gasteiger partial charge in [0.1, 0.15) is 11.5 Å². The first-order chi connectivity index (χ1) is 8.62. The van der Waals surface area contributed by atoms with Gasteiger partial charge in [-0.05, 0) is 19.1 Å². The van der Waals surface area contributed by atoms with Gasteiger partial charge in [-0.2, -0.15) is 0 Å². The summed E-state index contributed by atoms with van der Waals surface area (Å²) < 4.78 is 15.2. The number of carbonyl (C=O) groups is 1. The number of hydrogen-bond donors (Lipinski definition) is 1. The number of methoxy groups -OCH3 is 3. The Morgan fingerprint density at radius 1 is 1.28 bits per heavy atom. The summed E-state index contributed by atoms with van der Waals surface area (Å²) in [4.78, 5) is 12.0. The minimum Gasteiger partial charge on any atom is -0.497 e. The van der Waals surface area contributed by atoms with E-state index in [0.717, 1.165) is 0 Å². The number of rotatable bonds is 6. The van der Waals surface area contributed by atoms with Crippen molar-refractivity contribution in [1.82, 2.24) is 5.32 Å². The zero-order valence-electron chi connectivity index (χ0n) is 11.1. The molecule has 1 rings (SSSR count). The largest absolute Gasteiger partial charge is 0.497 e. The minimum absolute atomic E-state index is 0.0608. The maximum absolute atomic E-state index is 12.0. The monoisotopic (exact) mass is 253 g/mol. The fourth-order valence-electron chi connectivity index (χ4n) is 1.58. The zero-order valence-corrected chi connectivity index (χ0v) is 11.1. The van der Waals surface area contributed by atoms with Crippen molar-refractivity contribution in [2.24, 2.45) is 0 Å². The molecule has 1 atom stereocenters.